The molecule has 3 heteroatoms. The van der Waals surface area contributed by atoms with E-state index in [1.807, 2.05) is 0 Å². The highest BCUT2D eigenvalue weighted by Crippen LogP contribution is 2.27. The predicted octanol–water partition coefficient (Wildman–Crippen LogP) is 2.60. The van der Waals surface area contributed by atoms with Crippen LogP contribution in [0.15, 0.2) is 0 Å². The van der Waals surface area contributed by atoms with Gasteiger partial charge in [-0.1, -0.05) is 26.2 Å². The van der Waals surface area contributed by atoms with Crippen LogP contribution in [0.3, 0.4) is 0 Å². The van der Waals surface area contributed by atoms with Gasteiger partial charge in [-0.2, -0.15) is 0 Å². The second-order valence-electron chi connectivity index (χ2n) is 4.97. The molecule has 1 rings (SSSR count). The van der Waals surface area contributed by atoms with Crippen LogP contribution in [0.25, 0.3) is 0 Å². The van der Waals surface area contributed by atoms with Gasteiger partial charge in [-0.3, -0.25) is 0 Å². The first-order valence-electron chi connectivity index (χ1n) is 7.18. The topological polar surface area (TPSA) is 30.5 Å². The van der Waals surface area contributed by atoms with E-state index in [0.29, 0.717) is 19.3 Å². The Morgan fingerprint density at radius 3 is 2.53 bits per heavy atom. The number of rotatable bonds is 9. The van der Waals surface area contributed by atoms with Gasteiger partial charge in [0.05, 0.1) is 19.8 Å². The minimum atomic E-state index is 0.694. The van der Waals surface area contributed by atoms with E-state index in [1.165, 1.54) is 38.5 Å². The lowest BCUT2D eigenvalue weighted by molar-refractivity contribution is 0.0696. The fourth-order valence-electron chi connectivity index (χ4n) is 2.74. The first-order valence-corrected chi connectivity index (χ1v) is 7.18. The molecule has 1 unspecified atom stereocenters. The summed E-state index contributed by atoms with van der Waals surface area (Å²) in [5.74, 6) is 0.896. The molecular formula is C14H29NO2. The number of methoxy groups -OCH3 is 1. The summed E-state index contributed by atoms with van der Waals surface area (Å²) in [6.07, 6.45) is 8.35. The van der Waals surface area contributed by atoms with E-state index in [9.17, 15) is 0 Å². The number of ether oxygens (including phenoxy) is 2. The van der Waals surface area contributed by atoms with E-state index < -0.39 is 0 Å². The second-order valence-corrected chi connectivity index (χ2v) is 4.97. The third kappa shape index (κ3) is 6.39. The van der Waals surface area contributed by atoms with Crippen molar-refractivity contribution in [2.75, 3.05) is 33.5 Å². The molecule has 0 aromatic carbocycles. The van der Waals surface area contributed by atoms with Crippen LogP contribution in [0.2, 0.25) is 0 Å². The lowest BCUT2D eigenvalue weighted by atomic mass is 9.83. The molecule has 1 aliphatic rings. The summed E-state index contributed by atoms with van der Waals surface area (Å²) in [5, 5.41) is 3.65. The summed E-state index contributed by atoms with van der Waals surface area (Å²) in [6.45, 7) is 5.46. The maximum atomic E-state index is 5.47. The maximum Gasteiger partial charge on any atom is 0.0700 e. The van der Waals surface area contributed by atoms with Gasteiger partial charge in [0.15, 0.2) is 0 Å². The highest BCUT2D eigenvalue weighted by atomic mass is 16.5. The molecule has 0 bridgehead atoms. The number of hydrogen-bond donors (Lipinski definition) is 1. The summed E-state index contributed by atoms with van der Waals surface area (Å²) < 4.78 is 10.4. The van der Waals surface area contributed by atoms with Crippen molar-refractivity contribution in [3.8, 4) is 0 Å². The third-order valence-corrected chi connectivity index (χ3v) is 3.74. The molecule has 1 N–H and O–H groups in total. The van der Waals surface area contributed by atoms with Crippen molar-refractivity contribution in [2.45, 2.75) is 51.5 Å². The van der Waals surface area contributed by atoms with Gasteiger partial charge < -0.3 is 14.8 Å². The molecule has 0 aromatic heterocycles. The maximum absolute atomic E-state index is 5.47. The molecule has 102 valence electrons. The first-order chi connectivity index (χ1) is 8.38. The number of hydrogen-bond acceptors (Lipinski definition) is 3. The second kappa shape index (κ2) is 9.86. The molecule has 17 heavy (non-hydrogen) atoms. The van der Waals surface area contributed by atoms with Crippen molar-refractivity contribution in [1.82, 2.24) is 5.32 Å². The zero-order chi connectivity index (χ0) is 12.3. The van der Waals surface area contributed by atoms with E-state index >= 15 is 0 Å². The highest BCUT2D eigenvalue weighted by molar-refractivity contribution is 4.78. The molecule has 1 aliphatic carbocycles. The average molecular weight is 243 g/mol. The molecular weight excluding hydrogens is 214 g/mol. The van der Waals surface area contributed by atoms with Crippen LogP contribution in [-0.4, -0.2) is 39.5 Å². The van der Waals surface area contributed by atoms with Crippen molar-refractivity contribution in [1.29, 1.82) is 0 Å². The van der Waals surface area contributed by atoms with Gasteiger partial charge in [0.25, 0.3) is 0 Å². The Morgan fingerprint density at radius 1 is 1.12 bits per heavy atom. The molecule has 0 aliphatic heterocycles. The highest BCUT2D eigenvalue weighted by Gasteiger charge is 2.21. The molecule has 0 aromatic rings. The predicted molar refractivity (Wildman–Crippen MR) is 71.4 cm³/mol. The van der Waals surface area contributed by atoms with Crippen molar-refractivity contribution >= 4 is 0 Å². The summed E-state index contributed by atoms with van der Waals surface area (Å²) >= 11 is 0. The first kappa shape index (κ1) is 14.9. The zero-order valence-corrected chi connectivity index (χ0v) is 11.5. The summed E-state index contributed by atoms with van der Waals surface area (Å²) in [4.78, 5) is 0. The van der Waals surface area contributed by atoms with Gasteiger partial charge in [0.2, 0.25) is 0 Å². The number of nitrogens with one attached hydrogen (secondary N) is 1. The van der Waals surface area contributed by atoms with Gasteiger partial charge in [-0.05, 0) is 25.2 Å². The van der Waals surface area contributed by atoms with Crippen LogP contribution < -0.4 is 5.32 Å². The molecule has 0 radical (unpaired) electrons. The Kier molecular flexibility index (Phi) is 8.67. The van der Waals surface area contributed by atoms with Gasteiger partial charge in [0.1, 0.15) is 0 Å². The zero-order valence-electron chi connectivity index (χ0n) is 11.5. The summed E-state index contributed by atoms with van der Waals surface area (Å²) in [6, 6.07) is 0.696. The van der Waals surface area contributed by atoms with Crippen LogP contribution >= 0.6 is 0 Å². The SMILES string of the molecule is CCC(NCCOCCOC)C1CCCCC1. The van der Waals surface area contributed by atoms with Crippen LogP contribution in [0.1, 0.15) is 45.4 Å². The fourth-order valence-corrected chi connectivity index (χ4v) is 2.74. The van der Waals surface area contributed by atoms with Gasteiger partial charge >= 0.3 is 0 Å². The van der Waals surface area contributed by atoms with Crippen molar-refractivity contribution in [3.63, 3.8) is 0 Å². The molecule has 0 amide bonds. The van der Waals surface area contributed by atoms with Crippen molar-refractivity contribution < 1.29 is 9.47 Å². The Labute approximate surface area is 106 Å². The summed E-state index contributed by atoms with van der Waals surface area (Å²) in [5.41, 5.74) is 0. The molecule has 1 atom stereocenters. The Hall–Kier alpha value is -0.120. The smallest absolute Gasteiger partial charge is 0.0700 e. The standard InChI is InChI=1S/C14H29NO2/c1-3-14(13-7-5-4-6-8-13)15-9-10-17-12-11-16-2/h13-15H,3-12H2,1-2H3. The minimum Gasteiger partial charge on any atom is -0.382 e. The van der Waals surface area contributed by atoms with E-state index in [2.05, 4.69) is 12.2 Å². The quantitative estimate of drug-likeness (QED) is 0.631. The minimum absolute atomic E-state index is 0.694. The monoisotopic (exact) mass is 243 g/mol. The molecule has 3 nitrogen and oxygen atoms in total. The van der Waals surface area contributed by atoms with Crippen molar-refractivity contribution in [2.24, 2.45) is 5.92 Å². The Morgan fingerprint density at radius 2 is 1.88 bits per heavy atom. The van der Waals surface area contributed by atoms with Gasteiger partial charge in [-0.25, -0.2) is 0 Å². The van der Waals surface area contributed by atoms with E-state index in [0.717, 1.165) is 19.1 Å². The lowest BCUT2D eigenvalue weighted by Gasteiger charge is -2.30. The van der Waals surface area contributed by atoms with Gasteiger partial charge in [-0.15, -0.1) is 0 Å². The average Bonchev–Trinajstić information content (AvgIpc) is 2.39. The van der Waals surface area contributed by atoms with E-state index in [-0.39, 0.29) is 0 Å². The molecule has 0 saturated heterocycles. The van der Waals surface area contributed by atoms with E-state index in [1.54, 1.807) is 7.11 Å². The normalized spacial score (nSPS) is 19.4. The molecule has 1 saturated carbocycles. The van der Waals surface area contributed by atoms with Crippen LogP contribution in [0.5, 0.6) is 0 Å². The molecule has 0 heterocycles. The van der Waals surface area contributed by atoms with Crippen LogP contribution in [-0.2, 0) is 9.47 Å². The lowest BCUT2D eigenvalue weighted by Crippen LogP contribution is -2.38. The van der Waals surface area contributed by atoms with Crippen molar-refractivity contribution in [3.05, 3.63) is 0 Å². The van der Waals surface area contributed by atoms with Gasteiger partial charge in [0, 0.05) is 19.7 Å². The molecule has 1 fully saturated rings. The third-order valence-electron chi connectivity index (χ3n) is 3.74. The molecule has 0 spiro atoms. The fraction of sp³-hybridized carbons (Fsp3) is 1.00. The van der Waals surface area contributed by atoms with Crippen LogP contribution in [0, 0.1) is 5.92 Å². The van der Waals surface area contributed by atoms with Crippen LogP contribution in [0.4, 0.5) is 0 Å². The summed E-state index contributed by atoms with van der Waals surface area (Å²) in [7, 11) is 1.71. The Bertz CT molecular complexity index is 170. The Balaban J connectivity index is 2.05. The largest absolute Gasteiger partial charge is 0.382 e. The van der Waals surface area contributed by atoms with E-state index in [4.69, 9.17) is 9.47 Å².